The zero-order valence-electron chi connectivity index (χ0n) is 11.1. The van der Waals surface area contributed by atoms with Crippen LogP contribution in [0.15, 0.2) is 48.0 Å². The molecule has 8 nitrogen and oxygen atoms in total. The van der Waals surface area contributed by atoms with Crippen LogP contribution in [-0.4, -0.2) is 33.4 Å². The lowest BCUT2D eigenvalue weighted by molar-refractivity contribution is 0.600. The van der Waals surface area contributed by atoms with Crippen molar-refractivity contribution in [2.75, 3.05) is 4.72 Å². The van der Waals surface area contributed by atoms with Crippen molar-refractivity contribution < 1.29 is 8.42 Å². The van der Waals surface area contributed by atoms with Gasteiger partial charge in [-0.15, -0.1) is 0 Å². The van der Waals surface area contributed by atoms with Crippen LogP contribution in [0.4, 0.5) is 5.69 Å². The summed E-state index contributed by atoms with van der Waals surface area (Å²) in [6.07, 6.45) is 4.15. The Labute approximate surface area is 120 Å². The first kappa shape index (κ1) is 13.3. The number of hydrogen-bond donors (Lipinski definition) is 2. The lowest BCUT2D eigenvalue weighted by atomic mass is 10.3. The molecule has 9 heteroatoms. The number of aromatic amines is 1. The van der Waals surface area contributed by atoms with Gasteiger partial charge < -0.3 is 0 Å². The van der Waals surface area contributed by atoms with Crippen molar-refractivity contribution in [1.82, 2.24) is 25.0 Å². The highest BCUT2D eigenvalue weighted by atomic mass is 32.2. The van der Waals surface area contributed by atoms with Crippen molar-refractivity contribution >= 4 is 15.7 Å². The molecular formula is C12H12N6O2S. The van der Waals surface area contributed by atoms with E-state index in [1.165, 1.54) is 23.5 Å². The zero-order chi connectivity index (χ0) is 14.9. The minimum Gasteiger partial charge on any atom is -0.281 e. The number of para-hydroxylation sites is 2. The van der Waals surface area contributed by atoms with Crippen LogP contribution >= 0.6 is 0 Å². The van der Waals surface area contributed by atoms with Gasteiger partial charge in [0.05, 0.1) is 23.3 Å². The average Bonchev–Trinajstić information content (AvgIpc) is 3.10. The molecule has 3 aromatic rings. The number of H-pyrrole nitrogens is 1. The highest BCUT2D eigenvalue weighted by Crippen LogP contribution is 2.23. The lowest BCUT2D eigenvalue weighted by Gasteiger charge is -2.11. The van der Waals surface area contributed by atoms with Gasteiger partial charge in [-0.3, -0.25) is 9.82 Å². The number of rotatable bonds is 4. The van der Waals surface area contributed by atoms with E-state index in [0.29, 0.717) is 17.1 Å². The lowest BCUT2D eigenvalue weighted by Crippen LogP contribution is -2.15. The molecule has 0 saturated heterocycles. The summed E-state index contributed by atoms with van der Waals surface area (Å²) in [4.78, 5) is 3.97. The van der Waals surface area contributed by atoms with Gasteiger partial charge in [0.15, 0.2) is 0 Å². The highest BCUT2D eigenvalue weighted by Gasteiger charge is 2.20. The van der Waals surface area contributed by atoms with Crippen LogP contribution in [0.2, 0.25) is 0 Å². The van der Waals surface area contributed by atoms with Gasteiger partial charge >= 0.3 is 0 Å². The number of aromatic nitrogens is 5. The van der Waals surface area contributed by atoms with Crippen LogP contribution in [0.25, 0.3) is 5.69 Å². The number of anilines is 1. The Hall–Kier alpha value is -2.68. The van der Waals surface area contributed by atoms with Crippen LogP contribution in [0.5, 0.6) is 0 Å². The fourth-order valence-electron chi connectivity index (χ4n) is 1.90. The topological polar surface area (TPSA) is 106 Å². The summed E-state index contributed by atoms with van der Waals surface area (Å²) in [6.45, 7) is 1.64. The molecule has 0 fully saturated rings. The third-order valence-electron chi connectivity index (χ3n) is 2.89. The third kappa shape index (κ3) is 2.50. The molecule has 0 spiro atoms. The first-order valence-corrected chi connectivity index (χ1v) is 7.53. The maximum Gasteiger partial charge on any atom is 0.265 e. The molecule has 21 heavy (non-hydrogen) atoms. The number of benzene rings is 1. The molecule has 0 atom stereocenters. The smallest absolute Gasteiger partial charge is 0.265 e. The van der Waals surface area contributed by atoms with E-state index in [0.717, 1.165) is 0 Å². The van der Waals surface area contributed by atoms with E-state index in [2.05, 4.69) is 25.0 Å². The minimum atomic E-state index is -3.72. The summed E-state index contributed by atoms with van der Waals surface area (Å²) in [5, 5.41) is 10.3. The number of hydrogen-bond acceptors (Lipinski definition) is 5. The van der Waals surface area contributed by atoms with Crippen LogP contribution in [0.1, 0.15) is 5.69 Å². The molecule has 0 radical (unpaired) electrons. The summed E-state index contributed by atoms with van der Waals surface area (Å²) >= 11 is 0. The summed E-state index contributed by atoms with van der Waals surface area (Å²) in [5.41, 5.74) is 1.46. The van der Waals surface area contributed by atoms with Crippen LogP contribution in [0, 0.1) is 6.92 Å². The Bertz CT molecular complexity index is 854. The van der Waals surface area contributed by atoms with Crippen molar-refractivity contribution in [3.05, 3.63) is 48.8 Å². The monoisotopic (exact) mass is 304 g/mol. The van der Waals surface area contributed by atoms with E-state index >= 15 is 0 Å². The summed E-state index contributed by atoms with van der Waals surface area (Å²) < 4.78 is 28.8. The normalized spacial score (nSPS) is 11.5. The van der Waals surface area contributed by atoms with E-state index in [-0.39, 0.29) is 4.90 Å². The summed E-state index contributed by atoms with van der Waals surface area (Å²) in [5.74, 6) is 0. The maximum absolute atomic E-state index is 12.4. The standard InChI is InChI=1S/C12H12N6O2S/c1-9-12(6-14-16-9)21(19,20)17-10-4-2-3-5-11(10)18-8-13-7-15-18/h2-8,17H,1H3,(H,14,16). The third-order valence-corrected chi connectivity index (χ3v) is 4.37. The van der Waals surface area contributed by atoms with E-state index in [1.807, 2.05) is 0 Å². The Kier molecular flexibility index (Phi) is 3.18. The van der Waals surface area contributed by atoms with Crippen molar-refractivity contribution in [3.63, 3.8) is 0 Å². The number of nitrogens with zero attached hydrogens (tertiary/aromatic N) is 4. The number of nitrogens with one attached hydrogen (secondary N) is 2. The zero-order valence-corrected chi connectivity index (χ0v) is 11.9. The molecule has 0 unspecified atom stereocenters. The van der Waals surface area contributed by atoms with E-state index < -0.39 is 10.0 Å². The molecule has 3 rings (SSSR count). The van der Waals surface area contributed by atoms with Gasteiger partial charge in [0, 0.05) is 0 Å². The van der Waals surface area contributed by atoms with Gasteiger partial charge in [-0.25, -0.2) is 18.1 Å². The molecule has 0 aliphatic rings. The molecule has 2 heterocycles. The van der Waals surface area contributed by atoms with Gasteiger partial charge in [0.25, 0.3) is 10.0 Å². The molecular weight excluding hydrogens is 292 g/mol. The molecule has 2 N–H and O–H groups in total. The molecule has 0 saturated carbocycles. The largest absolute Gasteiger partial charge is 0.281 e. The van der Waals surface area contributed by atoms with Gasteiger partial charge in [-0.05, 0) is 19.1 Å². The second-order valence-corrected chi connectivity index (χ2v) is 5.97. The summed E-state index contributed by atoms with van der Waals surface area (Å²) in [6, 6.07) is 6.93. The molecule has 0 bridgehead atoms. The van der Waals surface area contributed by atoms with Crippen molar-refractivity contribution in [1.29, 1.82) is 0 Å². The van der Waals surface area contributed by atoms with Crippen molar-refractivity contribution in [2.45, 2.75) is 11.8 Å². The van der Waals surface area contributed by atoms with Gasteiger partial charge in [-0.2, -0.15) is 10.2 Å². The van der Waals surface area contributed by atoms with E-state index in [4.69, 9.17) is 0 Å². The fraction of sp³-hybridized carbons (Fsp3) is 0.0833. The molecule has 2 aromatic heterocycles. The van der Waals surface area contributed by atoms with Gasteiger partial charge in [0.2, 0.25) is 0 Å². The fourth-order valence-corrected chi connectivity index (χ4v) is 3.11. The number of aryl methyl sites for hydroxylation is 1. The Balaban J connectivity index is 2.02. The van der Waals surface area contributed by atoms with E-state index in [1.54, 1.807) is 31.2 Å². The van der Waals surface area contributed by atoms with Gasteiger partial charge in [-0.1, -0.05) is 12.1 Å². The van der Waals surface area contributed by atoms with Crippen LogP contribution in [-0.2, 0) is 10.0 Å². The second kappa shape index (κ2) is 5.02. The predicted octanol–water partition coefficient (Wildman–Crippen LogP) is 1.10. The van der Waals surface area contributed by atoms with Crippen molar-refractivity contribution in [3.8, 4) is 5.69 Å². The van der Waals surface area contributed by atoms with Crippen molar-refractivity contribution in [2.24, 2.45) is 0 Å². The molecule has 108 valence electrons. The Morgan fingerprint density at radius 1 is 1.29 bits per heavy atom. The summed E-state index contributed by atoms with van der Waals surface area (Å²) in [7, 11) is -3.72. The Morgan fingerprint density at radius 3 is 2.76 bits per heavy atom. The predicted molar refractivity (Wildman–Crippen MR) is 75.5 cm³/mol. The highest BCUT2D eigenvalue weighted by molar-refractivity contribution is 7.92. The average molecular weight is 304 g/mol. The maximum atomic E-state index is 12.4. The first-order chi connectivity index (χ1) is 10.1. The van der Waals surface area contributed by atoms with Crippen LogP contribution in [0.3, 0.4) is 0 Å². The second-order valence-electron chi connectivity index (χ2n) is 4.32. The van der Waals surface area contributed by atoms with E-state index in [9.17, 15) is 8.42 Å². The van der Waals surface area contributed by atoms with Crippen LogP contribution < -0.4 is 4.72 Å². The first-order valence-electron chi connectivity index (χ1n) is 6.05. The number of sulfonamides is 1. The Morgan fingerprint density at radius 2 is 2.10 bits per heavy atom. The quantitative estimate of drug-likeness (QED) is 0.751. The molecule has 1 aromatic carbocycles. The van der Waals surface area contributed by atoms with Gasteiger partial charge in [0.1, 0.15) is 17.6 Å². The SMILES string of the molecule is Cc1[nH]ncc1S(=O)(=O)Nc1ccccc1-n1cncn1. The minimum absolute atomic E-state index is 0.107. The molecule has 0 amide bonds. The molecule has 0 aliphatic carbocycles. The molecule has 0 aliphatic heterocycles.